The summed E-state index contributed by atoms with van der Waals surface area (Å²) < 4.78 is 15.5. The second kappa shape index (κ2) is 18.5. The van der Waals surface area contributed by atoms with Gasteiger partial charge in [0, 0.05) is 50.2 Å². The van der Waals surface area contributed by atoms with Crippen LogP contribution in [0, 0.1) is 5.92 Å². The average molecular weight is 479 g/mol. The van der Waals surface area contributed by atoms with Crippen LogP contribution in [0.2, 0.25) is 0 Å². The molecule has 0 spiro atoms. The van der Waals surface area contributed by atoms with E-state index in [9.17, 15) is 14.7 Å². The fraction of sp³-hybridized carbons (Fsp3) is 0.913. The van der Waals surface area contributed by atoms with Crippen molar-refractivity contribution in [3.8, 4) is 0 Å². The summed E-state index contributed by atoms with van der Waals surface area (Å²) >= 11 is 5.17. The van der Waals surface area contributed by atoms with Gasteiger partial charge in [0.2, 0.25) is 0 Å². The predicted molar refractivity (Wildman–Crippen MR) is 125 cm³/mol. The highest BCUT2D eigenvalue weighted by Gasteiger charge is 2.24. The Bertz CT molecular complexity index is 505. The molecule has 0 aliphatic heterocycles. The van der Waals surface area contributed by atoms with Crippen molar-refractivity contribution < 1.29 is 28.9 Å². The highest BCUT2D eigenvalue weighted by atomic mass is 35.5. The van der Waals surface area contributed by atoms with Gasteiger partial charge in [0.25, 0.3) is 0 Å². The summed E-state index contributed by atoms with van der Waals surface area (Å²) in [6.07, 6.45) is 7.13. The van der Waals surface area contributed by atoms with Crippen molar-refractivity contribution >= 4 is 23.0 Å². The van der Waals surface area contributed by atoms with Crippen molar-refractivity contribution in [3.05, 3.63) is 0 Å². The molecule has 0 radical (unpaired) electrons. The number of unbranched alkanes of at least 4 members (excludes halogenated alkanes) is 2. The van der Waals surface area contributed by atoms with Gasteiger partial charge in [-0.05, 0) is 44.6 Å². The van der Waals surface area contributed by atoms with Crippen LogP contribution in [0.1, 0.15) is 58.8 Å². The number of rotatable bonds is 20. The maximum Gasteiger partial charge on any atom is 0.403 e. The quantitative estimate of drug-likeness (QED) is 0.162. The van der Waals surface area contributed by atoms with Crippen LogP contribution in [0.25, 0.3) is 0 Å². The maximum atomic E-state index is 11.5. The Kier molecular flexibility index (Phi) is 16.8. The Hall–Kier alpha value is -0.930. The molecule has 0 saturated heterocycles. The highest BCUT2D eigenvalue weighted by molar-refractivity contribution is 6.61. The largest absolute Gasteiger partial charge is 0.463 e. The van der Waals surface area contributed by atoms with E-state index in [-0.39, 0.29) is 19.2 Å². The topological polar surface area (TPSA) is 88.5 Å². The number of hydrogen-bond acceptors (Lipinski definition) is 8. The van der Waals surface area contributed by atoms with E-state index in [0.717, 1.165) is 45.4 Å². The van der Waals surface area contributed by atoms with Gasteiger partial charge in [-0.25, -0.2) is 4.79 Å². The summed E-state index contributed by atoms with van der Waals surface area (Å²) in [7, 11) is 0. The Labute approximate surface area is 198 Å². The minimum Gasteiger partial charge on any atom is -0.463 e. The van der Waals surface area contributed by atoms with Gasteiger partial charge < -0.3 is 19.3 Å². The molecule has 1 rings (SSSR count). The van der Waals surface area contributed by atoms with E-state index in [4.69, 9.17) is 25.8 Å². The van der Waals surface area contributed by atoms with Crippen LogP contribution in [0.15, 0.2) is 0 Å². The summed E-state index contributed by atoms with van der Waals surface area (Å²) in [4.78, 5) is 26.9. The van der Waals surface area contributed by atoms with Crippen LogP contribution in [0.3, 0.4) is 0 Å². The third kappa shape index (κ3) is 15.0. The number of esters is 1. The molecule has 0 aromatic carbocycles. The van der Waals surface area contributed by atoms with Crippen LogP contribution in [0.4, 0.5) is 4.79 Å². The van der Waals surface area contributed by atoms with E-state index in [1.165, 1.54) is 19.3 Å². The fourth-order valence-corrected chi connectivity index (χ4v) is 3.70. The number of nitrogens with zero attached hydrogens (tertiary/aromatic N) is 2. The zero-order chi connectivity index (χ0) is 23.6. The lowest BCUT2D eigenvalue weighted by Crippen LogP contribution is -2.45. The van der Waals surface area contributed by atoms with Gasteiger partial charge in [0.1, 0.15) is 6.61 Å². The summed E-state index contributed by atoms with van der Waals surface area (Å²) in [5.41, 5.74) is -0.735. The molecule has 9 heteroatoms. The Morgan fingerprint density at radius 1 is 0.938 bits per heavy atom. The molecule has 0 aromatic rings. The molecule has 1 fully saturated rings. The number of aliphatic hydroxyl groups is 1. The van der Waals surface area contributed by atoms with Gasteiger partial charge >= 0.3 is 11.4 Å². The average Bonchev–Trinajstić information content (AvgIpc) is 2.68. The van der Waals surface area contributed by atoms with Crippen molar-refractivity contribution in [2.75, 3.05) is 65.8 Å². The van der Waals surface area contributed by atoms with Crippen molar-refractivity contribution in [1.82, 2.24) is 9.80 Å². The number of ether oxygens (including phenoxy) is 3. The SMILES string of the molecule is CC(C)CC(=O)OCCOCCN(CCO)CCN(CCCCCOC(=O)Cl)C1CCC1. The van der Waals surface area contributed by atoms with Gasteiger partial charge in [-0.1, -0.05) is 20.3 Å². The van der Waals surface area contributed by atoms with Crippen molar-refractivity contribution in [1.29, 1.82) is 0 Å². The fourth-order valence-electron chi connectivity index (χ4n) is 3.62. The monoisotopic (exact) mass is 478 g/mol. The minimum atomic E-state index is -0.735. The lowest BCUT2D eigenvalue weighted by molar-refractivity contribution is -0.146. The minimum absolute atomic E-state index is 0.121. The first-order valence-electron chi connectivity index (χ1n) is 12.0. The van der Waals surface area contributed by atoms with Gasteiger partial charge in [-0.2, -0.15) is 0 Å². The zero-order valence-corrected chi connectivity index (χ0v) is 20.7. The molecule has 1 N–H and O–H groups in total. The van der Waals surface area contributed by atoms with Crippen LogP contribution in [0.5, 0.6) is 0 Å². The van der Waals surface area contributed by atoms with Crippen molar-refractivity contribution in [2.24, 2.45) is 5.92 Å². The van der Waals surface area contributed by atoms with Gasteiger partial charge in [-0.15, -0.1) is 0 Å². The zero-order valence-electron chi connectivity index (χ0n) is 19.9. The molecule has 8 nitrogen and oxygen atoms in total. The molecule has 0 atom stereocenters. The third-order valence-corrected chi connectivity index (χ3v) is 5.74. The first-order chi connectivity index (χ1) is 15.4. The van der Waals surface area contributed by atoms with E-state index in [2.05, 4.69) is 9.80 Å². The Morgan fingerprint density at radius 3 is 2.34 bits per heavy atom. The van der Waals surface area contributed by atoms with Crippen LogP contribution in [-0.2, 0) is 19.0 Å². The number of hydrogen-bond donors (Lipinski definition) is 1. The van der Waals surface area contributed by atoms with Gasteiger partial charge in [-0.3, -0.25) is 14.6 Å². The number of halogens is 1. The predicted octanol–water partition coefficient (Wildman–Crippen LogP) is 3.29. The highest BCUT2D eigenvalue weighted by Crippen LogP contribution is 2.25. The van der Waals surface area contributed by atoms with Crippen LogP contribution in [-0.4, -0.2) is 98.1 Å². The number of aliphatic hydroxyl groups excluding tert-OH is 1. The van der Waals surface area contributed by atoms with E-state index < -0.39 is 5.43 Å². The standard InChI is InChI=1S/C23H43ClN2O6/c1-20(2)19-22(28)31-18-17-30-16-13-25(12-14-27)10-11-26(21-7-6-8-21)9-4-3-5-15-32-23(24)29/h20-21,27H,3-19H2,1-2H3. The second-order valence-corrected chi connectivity index (χ2v) is 9.07. The molecule has 0 amide bonds. The molecule has 0 aromatic heterocycles. The molecule has 188 valence electrons. The summed E-state index contributed by atoms with van der Waals surface area (Å²) in [5, 5.41) is 9.41. The second-order valence-electron chi connectivity index (χ2n) is 8.76. The third-order valence-electron chi connectivity index (χ3n) is 5.63. The first kappa shape index (κ1) is 29.1. The Morgan fingerprint density at radius 2 is 1.72 bits per heavy atom. The van der Waals surface area contributed by atoms with Crippen LogP contribution >= 0.6 is 11.6 Å². The van der Waals surface area contributed by atoms with E-state index in [1.54, 1.807) is 0 Å². The van der Waals surface area contributed by atoms with Crippen molar-refractivity contribution in [2.45, 2.75) is 64.8 Å². The van der Waals surface area contributed by atoms with Crippen molar-refractivity contribution in [3.63, 3.8) is 0 Å². The van der Waals surface area contributed by atoms with E-state index in [0.29, 0.717) is 44.7 Å². The first-order valence-corrected chi connectivity index (χ1v) is 12.4. The molecule has 1 aliphatic carbocycles. The Balaban J connectivity index is 2.21. The molecule has 1 saturated carbocycles. The van der Waals surface area contributed by atoms with Gasteiger partial charge in [0.05, 0.1) is 26.4 Å². The van der Waals surface area contributed by atoms with E-state index >= 15 is 0 Å². The van der Waals surface area contributed by atoms with Crippen LogP contribution < -0.4 is 0 Å². The lowest BCUT2D eigenvalue weighted by atomic mass is 9.91. The summed E-state index contributed by atoms with van der Waals surface area (Å²) in [6.45, 7) is 9.94. The molecule has 1 aliphatic rings. The van der Waals surface area contributed by atoms with Gasteiger partial charge in [0.15, 0.2) is 0 Å². The normalized spacial score (nSPS) is 14.2. The molecule has 0 unspecified atom stereocenters. The summed E-state index contributed by atoms with van der Waals surface area (Å²) in [6, 6.07) is 0.656. The van der Waals surface area contributed by atoms with E-state index in [1.807, 2.05) is 13.8 Å². The molecule has 0 heterocycles. The molecular weight excluding hydrogens is 436 g/mol. The smallest absolute Gasteiger partial charge is 0.403 e. The molecule has 0 bridgehead atoms. The molecular formula is C23H43ClN2O6. The molecule has 32 heavy (non-hydrogen) atoms. The maximum absolute atomic E-state index is 11.5. The number of carbonyl (C=O) groups excluding carboxylic acids is 2. The number of carbonyl (C=O) groups is 2. The summed E-state index contributed by atoms with van der Waals surface area (Å²) in [5.74, 6) is 0.118. The lowest BCUT2D eigenvalue weighted by Gasteiger charge is -2.38.